The van der Waals surface area contributed by atoms with Crippen molar-refractivity contribution in [3.05, 3.63) is 69.7 Å². The summed E-state index contributed by atoms with van der Waals surface area (Å²) in [5.74, 6) is 1.60. The SMILES string of the molecule is C=CCOc1cc(Cl)c(Cc2ccc(OCC)cc2)cc1Br. The van der Waals surface area contributed by atoms with Crippen molar-refractivity contribution < 1.29 is 9.47 Å². The molecular weight excluding hydrogens is 364 g/mol. The van der Waals surface area contributed by atoms with E-state index in [0.717, 1.165) is 28.0 Å². The smallest absolute Gasteiger partial charge is 0.135 e. The second kappa shape index (κ2) is 8.25. The Hall–Kier alpha value is -1.45. The predicted octanol–water partition coefficient (Wildman–Crippen LogP) is 5.66. The third-order valence-electron chi connectivity index (χ3n) is 3.09. The van der Waals surface area contributed by atoms with Crippen LogP contribution in [0.4, 0.5) is 0 Å². The van der Waals surface area contributed by atoms with Crippen LogP contribution < -0.4 is 9.47 Å². The average Bonchev–Trinajstić information content (AvgIpc) is 2.51. The number of halogens is 2. The molecule has 0 N–H and O–H groups in total. The Morgan fingerprint density at radius 2 is 1.91 bits per heavy atom. The Labute approximate surface area is 144 Å². The molecular formula is C18H18BrClO2. The second-order valence-corrected chi connectivity index (χ2v) is 5.99. The van der Waals surface area contributed by atoms with Crippen molar-refractivity contribution in [1.29, 1.82) is 0 Å². The zero-order valence-corrected chi connectivity index (χ0v) is 14.8. The van der Waals surface area contributed by atoms with E-state index in [4.69, 9.17) is 21.1 Å². The Kier molecular flexibility index (Phi) is 6.34. The monoisotopic (exact) mass is 380 g/mol. The number of hydrogen-bond donors (Lipinski definition) is 0. The van der Waals surface area contributed by atoms with Crippen LogP contribution >= 0.6 is 27.5 Å². The second-order valence-electron chi connectivity index (χ2n) is 4.73. The fraction of sp³-hybridized carbons (Fsp3) is 0.222. The van der Waals surface area contributed by atoms with Crippen LogP contribution in [-0.4, -0.2) is 13.2 Å². The summed E-state index contributed by atoms with van der Waals surface area (Å²) in [6.45, 7) is 6.73. The summed E-state index contributed by atoms with van der Waals surface area (Å²) in [5.41, 5.74) is 2.22. The van der Waals surface area contributed by atoms with Gasteiger partial charge in [0.15, 0.2) is 0 Å². The van der Waals surface area contributed by atoms with E-state index in [9.17, 15) is 0 Å². The largest absolute Gasteiger partial charge is 0.494 e. The van der Waals surface area contributed by atoms with Crippen molar-refractivity contribution >= 4 is 27.5 Å². The molecule has 0 atom stereocenters. The molecule has 0 bridgehead atoms. The topological polar surface area (TPSA) is 18.5 Å². The van der Waals surface area contributed by atoms with E-state index in [0.29, 0.717) is 18.2 Å². The first-order valence-corrected chi connectivity index (χ1v) is 8.24. The lowest BCUT2D eigenvalue weighted by Crippen LogP contribution is -1.96. The molecule has 0 aliphatic carbocycles. The number of ether oxygens (including phenoxy) is 2. The molecule has 2 rings (SSSR count). The molecule has 0 aliphatic heterocycles. The van der Waals surface area contributed by atoms with Crippen LogP contribution in [0.15, 0.2) is 53.5 Å². The molecule has 0 aliphatic rings. The molecule has 22 heavy (non-hydrogen) atoms. The van der Waals surface area contributed by atoms with Crippen LogP contribution in [0, 0.1) is 0 Å². The van der Waals surface area contributed by atoms with Gasteiger partial charge in [-0.25, -0.2) is 0 Å². The highest BCUT2D eigenvalue weighted by Gasteiger charge is 2.09. The van der Waals surface area contributed by atoms with Crippen LogP contribution in [0.1, 0.15) is 18.1 Å². The number of benzene rings is 2. The molecule has 0 saturated heterocycles. The average molecular weight is 382 g/mol. The van der Waals surface area contributed by atoms with Gasteiger partial charge in [0.1, 0.15) is 18.1 Å². The third kappa shape index (κ3) is 4.52. The maximum atomic E-state index is 6.36. The number of hydrogen-bond acceptors (Lipinski definition) is 2. The first-order chi connectivity index (χ1) is 10.6. The minimum absolute atomic E-state index is 0.452. The highest BCUT2D eigenvalue weighted by Crippen LogP contribution is 2.32. The number of rotatable bonds is 7. The molecule has 0 unspecified atom stereocenters. The third-order valence-corrected chi connectivity index (χ3v) is 4.06. The minimum Gasteiger partial charge on any atom is -0.494 e. The maximum Gasteiger partial charge on any atom is 0.135 e. The van der Waals surface area contributed by atoms with Crippen molar-refractivity contribution in [2.24, 2.45) is 0 Å². The molecule has 2 aromatic rings. The molecule has 4 heteroatoms. The lowest BCUT2D eigenvalue weighted by atomic mass is 10.0. The quantitative estimate of drug-likeness (QED) is 0.576. The van der Waals surface area contributed by atoms with Gasteiger partial charge in [-0.2, -0.15) is 0 Å². The Morgan fingerprint density at radius 3 is 2.55 bits per heavy atom. The van der Waals surface area contributed by atoms with Crippen LogP contribution in [0.25, 0.3) is 0 Å². The lowest BCUT2D eigenvalue weighted by Gasteiger charge is -2.11. The van der Waals surface area contributed by atoms with Gasteiger partial charge in [-0.05, 0) is 58.6 Å². The summed E-state index contributed by atoms with van der Waals surface area (Å²) in [7, 11) is 0. The van der Waals surface area contributed by atoms with Gasteiger partial charge in [0.2, 0.25) is 0 Å². The van der Waals surface area contributed by atoms with E-state index in [2.05, 4.69) is 34.6 Å². The molecule has 0 radical (unpaired) electrons. The standard InChI is InChI=1S/C18H18BrClO2/c1-3-9-22-18-12-17(20)14(11-16(18)19)10-13-5-7-15(8-6-13)21-4-2/h3,5-8,11-12H,1,4,9-10H2,2H3. The fourth-order valence-corrected chi connectivity index (χ4v) is 2.78. The van der Waals surface area contributed by atoms with Crippen molar-refractivity contribution in [3.63, 3.8) is 0 Å². The minimum atomic E-state index is 0.452. The van der Waals surface area contributed by atoms with Gasteiger partial charge in [0.25, 0.3) is 0 Å². The maximum absolute atomic E-state index is 6.36. The van der Waals surface area contributed by atoms with E-state index < -0.39 is 0 Å². The first-order valence-electron chi connectivity index (χ1n) is 7.07. The summed E-state index contributed by atoms with van der Waals surface area (Å²) < 4.78 is 11.9. The van der Waals surface area contributed by atoms with Gasteiger partial charge in [-0.15, -0.1) is 0 Å². The van der Waals surface area contributed by atoms with Crippen LogP contribution in [0.2, 0.25) is 5.02 Å². The van der Waals surface area contributed by atoms with Crippen molar-refractivity contribution in [2.75, 3.05) is 13.2 Å². The normalized spacial score (nSPS) is 10.3. The van der Waals surface area contributed by atoms with E-state index in [1.807, 2.05) is 31.2 Å². The van der Waals surface area contributed by atoms with E-state index >= 15 is 0 Å². The Balaban J connectivity index is 2.15. The summed E-state index contributed by atoms with van der Waals surface area (Å²) >= 11 is 9.88. The molecule has 0 aromatic heterocycles. The molecule has 2 nitrogen and oxygen atoms in total. The van der Waals surface area contributed by atoms with Gasteiger partial charge < -0.3 is 9.47 Å². The first kappa shape index (κ1) is 16.9. The molecule has 0 heterocycles. The summed E-state index contributed by atoms with van der Waals surface area (Å²) in [6.07, 6.45) is 2.46. The lowest BCUT2D eigenvalue weighted by molar-refractivity contribution is 0.340. The molecule has 0 amide bonds. The Bertz CT molecular complexity index is 638. The van der Waals surface area contributed by atoms with Crippen LogP contribution in [-0.2, 0) is 6.42 Å². The van der Waals surface area contributed by atoms with Gasteiger partial charge in [0.05, 0.1) is 11.1 Å². The van der Waals surface area contributed by atoms with E-state index in [-0.39, 0.29) is 0 Å². The van der Waals surface area contributed by atoms with Gasteiger partial charge in [0, 0.05) is 11.1 Å². The van der Waals surface area contributed by atoms with Crippen LogP contribution in [0.3, 0.4) is 0 Å². The zero-order chi connectivity index (χ0) is 15.9. The summed E-state index contributed by atoms with van der Waals surface area (Å²) in [6, 6.07) is 11.9. The van der Waals surface area contributed by atoms with Crippen molar-refractivity contribution in [2.45, 2.75) is 13.3 Å². The summed E-state index contributed by atoms with van der Waals surface area (Å²) in [4.78, 5) is 0. The summed E-state index contributed by atoms with van der Waals surface area (Å²) in [5, 5.41) is 0.691. The van der Waals surface area contributed by atoms with Gasteiger partial charge in [-0.3, -0.25) is 0 Å². The molecule has 0 fully saturated rings. The Morgan fingerprint density at radius 1 is 1.18 bits per heavy atom. The highest BCUT2D eigenvalue weighted by molar-refractivity contribution is 9.10. The predicted molar refractivity (Wildman–Crippen MR) is 95.3 cm³/mol. The molecule has 0 spiro atoms. The van der Waals surface area contributed by atoms with Crippen molar-refractivity contribution in [1.82, 2.24) is 0 Å². The van der Waals surface area contributed by atoms with Crippen LogP contribution in [0.5, 0.6) is 11.5 Å². The van der Waals surface area contributed by atoms with Gasteiger partial charge >= 0.3 is 0 Å². The molecule has 2 aromatic carbocycles. The van der Waals surface area contributed by atoms with Gasteiger partial charge in [-0.1, -0.05) is 36.4 Å². The van der Waals surface area contributed by atoms with E-state index in [1.165, 1.54) is 5.56 Å². The molecule has 0 saturated carbocycles. The fourth-order valence-electron chi connectivity index (χ4n) is 2.05. The van der Waals surface area contributed by atoms with Crippen molar-refractivity contribution in [3.8, 4) is 11.5 Å². The zero-order valence-electron chi connectivity index (χ0n) is 12.4. The molecule has 116 valence electrons. The highest BCUT2D eigenvalue weighted by atomic mass is 79.9. The van der Waals surface area contributed by atoms with E-state index in [1.54, 1.807) is 6.08 Å².